The average molecular weight is 361 g/mol. The zero-order valence-corrected chi connectivity index (χ0v) is 12.6. The van der Waals surface area contributed by atoms with Crippen molar-refractivity contribution < 1.29 is 34.8 Å². The van der Waals surface area contributed by atoms with E-state index in [2.05, 4.69) is 4.40 Å². The normalized spacial score (nSPS) is 13.9. The summed E-state index contributed by atoms with van der Waals surface area (Å²) in [6, 6.07) is 5.21. The van der Waals surface area contributed by atoms with Gasteiger partial charge in [-0.15, -0.1) is 0 Å². The van der Waals surface area contributed by atoms with E-state index in [9.17, 15) is 34.8 Å². The molecule has 0 aliphatic rings. The lowest BCUT2D eigenvalue weighted by Gasteiger charge is -2.16. The van der Waals surface area contributed by atoms with Crippen molar-refractivity contribution in [2.75, 3.05) is 0 Å². The van der Waals surface area contributed by atoms with Crippen LogP contribution >= 0.6 is 0 Å². The van der Waals surface area contributed by atoms with Gasteiger partial charge in [0.25, 0.3) is 10.0 Å². The number of hydrogen-bond donors (Lipinski definition) is 0. The van der Waals surface area contributed by atoms with Crippen LogP contribution in [0, 0.1) is 12.8 Å². The first-order chi connectivity index (χ1) is 10.3. The summed E-state index contributed by atoms with van der Waals surface area (Å²) in [4.78, 5) is -0.308. The molecule has 0 fully saturated rings. The van der Waals surface area contributed by atoms with Crippen LogP contribution in [0.1, 0.15) is 18.4 Å². The van der Waals surface area contributed by atoms with Crippen molar-refractivity contribution in [3.8, 4) is 0 Å². The molecule has 1 rings (SSSR count). The number of halogens is 6. The van der Waals surface area contributed by atoms with E-state index in [1.807, 2.05) is 0 Å². The predicted molar refractivity (Wildman–Crippen MR) is 71.7 cm³/mol. The Hall–Kier alpha value is -1.58. The van der Waals surface area contributed by atoms with E-state index in [4.69, 9.17) is 0 Å². The highest BCUT2D eigenvalue weighted by Crippen LogP contribution is 2.32. The van der Waals surface area contributed by atoms with Crippen LogP contribution < -0.4 is 0 Å². The molecule has 0 aromatic heterocycles. The van der Waals surface area contributed by atoms with Gasteiger partial charge in [0.2, 0.25) is 0 Å². The fraction of sp³-hybridized carbons (Fsp3) is 0.462. The molecule has 0 aliphatic carbocycles. The molecule has 0 aliphatic heterocycles. The van der Waals surface area contributed by atoms with Gasteiger partial charge in [-0.25, -0.2) is 0 Å². The minimum absolute atomic E-state index is 0.205. The first kappa shape index (κ1) is 19.5. The van der Waals surface area contributed by atoms with E-state index in [1.165, 1.54) is 24.3 Å². The van der Waals surface area contributed by atoms with Crippen molar-refractivity contribution in [2.24, 2.45) is 10.3 Å². The van der Waals surface area contributed by atoms with Gasteiger partial charge >= 0.3 is 12.4 Å². The highest BCUT2D eigenvalue weighted by molar-refractivity contribution is 7.90. The minimum Gasteiger partial charge on any atom is -0.199 e. The summed E-state index contributed by atoms with van der Waals surface area (Å²) in [5.74, 6) is -2.10. The fourth-order valence-corrected chi connectivity index (χ4v) is 2.64. The summed E-state index contributed by atoms with van der Waals surface area (Å²) in [7, 11) is -4.35. The van der Waals surface area contributed by atoms with Gasteiger partial charge in [-0.1, -0.05) is 17.7 Å². The molecular weight excluding hydrogens is 348 g/mol. The van der Waals surface area contributed by atoms with Crippen LogP contribution in [0.2, 0.25) is 0 Å². The zero-order chi connectivity index (χ0) is 17.9. The smallest absolute Gasteiger partial charge is 0.199 e. The molecule has 0 unspecified atom stereocenters. The van der Waals surface area contributed by atoms with Gasteiger partial charge in [0.05, 0.1) is 17.7 Å². The maximum Gasteiger partial charge on any atom is 0.389 e. The van der Waals surface area contributed by atoms with Crippen molar-refractivity contribution >= 4 is 16.2 Å². The third-order valence-corrected chi connectivity index (χ3v) is 3.98. The Kier molecular flexibility index (Phi) is 5.84. The molecule has 0 spiro atoms. The topological polar surface area (TPSA) is 46.5 Å². The molecule has 3 nitrogen and oxygen atoms in total. The summed E-state index contributed by atoms with van der Waals surface area (Å²) >= 11 is 0. The maximum absolute atomic E-state index is 12.3. The number of rotatable bonds is 5. The number of aryl methyl sites for hydroxylation is 1. The van der Waals surface area contributed by atoms with Gasteiger partial charge in [0.1, 0.15) is 0 Å². The molecule has 0 saturated heterocycles. The van der Waals surface area contributed by atoms with E-state index in [-0.39, 0.29) is 11.1 Å². The molecule has 0 amide bonds. The molecule has 1 aromatic rings. The molecule has 10 heteroatoms. The largest absolute Gasteiger partial charge is 0.389 e. The summed E-state index contributed by atoms with van der Waals surface area (Å²) < 4.78 is 100. The highest BCUT2D eigenvalue weighted by Gasteiger charge is 2.38. The van der Waals surface area contributed by atoms with Crippen LogP contribution in [0.15, 0.2) is 33.6 Å². The van der Waals surface area contributed by atoms with E-state index in [1.54, 1.807) is 6.92 Å². The second-order valence-electron chi connectivity index (χ2n) is 4.94. The van der Waals surface area contributed by atoms with Gasteiger partial charge in [-0.3, -0.25) is 0 Å². The van der Waals surface area contributed by atoms with Crippen molar-refractivity contribution in [3.63, 3.8) is 0 Å². The fourth-order valence-electron chi connectivity index (χ4n) is 1.71. The number of benzene rings is 1. The number of sulfonamides is 1. The molecule has 0 bridgehead atoms. The molecule has 0 saturated carbocycles. The third kappa shape index (κ3) is 7.49. The molecule has 130 valence electrons. The van der Waals surface area contributed by atoms with Crippen molar-refractivity contribution in [1.82, 2.24) is 0 Å². The highest BCUT2D eigenvalue weighted by atomic mass is 32.2. The standard InChI is InChI=1S/C13H13F6NO2S/c1-9-2-4-11(5-3-9)23(21,22)20-8-10(6-12(14,15)16)7-13(17,18)19/h2-5,8,10H,6-7H2,1H3/b20-8-. The summed E-state index contributed by atoms with van der Waals surface area (Å²) in [6.45, 7) is 1.68. The molecule has 1 aromatic carbocycles. The lowest BCUT2D eigenvalue weighted by molar-refractivity contribution is -0.164. The summed E-state index contributed by atoms with van der Waals surface area (Å²) in [5, 5.41) is 0. The summed E-state index contributed by atoms with van der Waals surface area (Å²) in [6.07, 6.45) is -13.1. The first-order valence-electron chi connectivity index (χ1n) is 6.29. The summed E-state index contributed by atoms with van der Waals surface area (Å²) in [5.41, 5.74) is 0.736. The van der Waals surface area contributed by atoms with Crippen LogP contribution in [-0.2, 0) is 10.0 Å². The Morgan fingerprint density at radius 3 is 1.83 bits per heavy atom. The van der Waals surface area contributed by atoms with Gasteiger partial charge in [-0.05, 0) is 19.1 Å². The zero-order valence-electron chi connectivity index (χ0n) is 11.8. The second-order valence-corrected chi connectivity index (χ2v) is 6.57. The lowest BCUT2D eigenvalue weighted by Crippen LogP contribution is -2.22. The van der Waals surface area contributed by atoms with E-state index in [0.717, 1.165) is 5.56 Å². The Bertz CT molecular complexity index is 631. The van der Waals surface area contributed by atoms with Crippen LogP contribution in [0.3, 0.4) is 0 Å². The van der Waals surface area contributed by atoms with Gasteiger partial charge in [0, 0.05) is 12.1 Å². The lowest BCUT2D eigenvalue weighted by atomic mass is 10.0. The second kappa shape index (κ2) is 6.90. The van der Waals surface area contributed by atoms with Gasteiger partial charge < -0.3 is 0 Å². The molecule has 0 N–H and O–H groups in total. The molecule has 0 radical (unpaired) electrons. The van der Waals surface area contributed by atoms with Gasteiger partial charge in [0.15, 0.2) is 0 Å². The maximum atomic E-state index is 12.3. The predicted octanol–water partition coefficient (Wildman–Crippen LogP) is 4.28. The Morgan fingerprint density at radius 1 is 1.00 bits per heavy atom. The SMILES string of the molecule is Cc1ccc(S(=O)(=O)/N=C\C(CC(F)(F)F)CC(F)(F)F)cc1. The molecular formula is C13H13F6NO2S. The molecule has 0 heterocycles. The Labute approximate surface area is 129 Å². The van der Waals surface area contributed by atoms with Crippen LogP contribution in [0.5, 0.6) is 0 Å². The van der Waals surface area contributed by atoms with E-state index in [0.29, 0.717) is 0 Å². The first-order valence-corrected chi connectivity index (χ1v) is 7.73. The quantitative estimate of drug-likeness (QED) is 0.581. The number of nitrogens with zero attached hydrogens (tertiary/aromatic N) is 1. The van der Waals surface area contributed by atoms with E-state index >= 15 is 0 Å². The molecule has 23 heavy (non-hydrogen) atoms. The minimum atomic E-state index is -4.87. The Morgan fingerprint density at radius 2 is 1.43 bits per heavy atom. The van der Waals surface area contributed by atoms with E-state index < -0.39 is 41.1 Å². The average Bonchev–Trinajstić information content (AvgIpc) is 2.33. The van der Waals surface area contributed by atoms with Crippen LogP contribution in [0.25, 0.3) is 0 Å². The van der Waals surface area contributed by atoms with Crippen LogP contribution in [0.4, 0.5) is 26.3 Å². The monoisotopic (exact) mass is 361 g/mol. The molecule has 0 atom stereocenters. The number of alkyl halides is 6. The van der Waals surface area contributed by atoms with Gasteiger partial charge in [-0.2, -0.15) is 39.2 Å². The van der Waals surface area contributed by atoms with Crippen molar-refractivity contribution in [1.29, 1.82) is 0 Å². The van der Waals surface area contributed by atoms with Crippen molar-refractivity contribution in [2.45, 2.75) is 37.0 Å². The number of hydrogen-bond acceptors (Lipinski definition) is 2. The third-order valence-electron chi connectivity index (χ3n) is 2.72. The van der Waals surface area contributed by atoms with Crippen LogP contribution in [-0.4, -0.2) is 27.0 Å². The Balaban J connectivity index is 3.00. The van der Waals surface area contributed by atoms with Crippen molar-refractivity contribution in [3.05, 3.63) is 29.8 Å².